The van der Waals surface area contributed by atoms with Gasteiger partial charge in [-0.2, -0.15) is 0 Å². The molecule has 2 aromatic rings. The molecule has 0 bridgehead atoms. The van der Waals surface area contributed by atoms with Crippen LogP contribution in [-0.2, 0) is 9.59 Å². The number of carbonyl (C=O) groups excluding carboxylic acids is 2. The van der Waals surface area contributed by atoms with Crippen LogP contribution in [0.2, 0.25) is 0 Å². The lowest BCUT2D eigenvalue weighted by Gasteiger charge is -2.32. The predicted molar refractivity (Wildman–Crippen MR) is 109 cm³/mol. The summed E-state index contributed by atoms with van der Waals surface area (Å²) in [4.78, 5) is 38.5. The predicted octanol–water partition coefficient (Wildman–Crippen LogP) is 3.18. The van der Waals surface area contributed by atoms with Crippen LogP contribution < -0.4 is 5.32 Å². The SMILES string of the molecule is Cc1ccccc1C(CC(=O)O)NC(=O)C1CCN(C(=O)c2ccccc2)CC1. The van der Waals surface area contributed by atoms with E-state index in [-0.39, 0.29) is 24.2 Å². The zero-order valence-corrected chi connectivity index (χ0v) is 16.5. The highest BCUT2D eigenvalue weighted by Gasteiger charge is 2.30. The zero-order valence-electron chi connectivity index (χ0n) is 16.5. The number of likely N-dealkylation sites (tertiary alicyclic amines) is 1. The average molecular weight is 394 g/mol. The fourth-order valence-electron chi connectivity index (χ4n) is 3.79. The van der Waals surface area contributed by atoms with Crippen LogP contribution in [0, 0.1) is 12.8 Å². The first-order valence-electron chi connectivity index (χ1n) is 9.87. The van der Waals surface area contributed by atoms with Crippen molar-refractivity contribution < 1.29 is 19.5 Å². The van der Waals surface area contributed by atoms with Crippen LogP contribution in [0.4, 0.5) is 0 Å². The molecule has 1 aliphatic heterocycles. The number of amides is 2. The molecular formula is C23H26N2O4. The number of aliphatic carboxylic acids is 1. The Labute approximate surface area is 170 Å². The van der Waals surface area contributed by atoms with Crippen molar-refractivity contribution in [2.45, 2.75) is 32.2 Å². The van der Waals surface area contributed by atoms with Gasteiger partial charge in [-0.25, -0.2) is 0 Å². The van der Waals surface area contributed by atoms with Gasteiger partial charge in [0.2, 0.25) is 5.91 Å². The van der Waals surface area contributed by atoms with Crippen molar-refractivity contribution >= 4 is 17.8 Å². The second kappa shape index (κ2) is 9.37. The monoisotopic (exact) mass is 394 g/mol. The van der Waals surface area contributed by atoms with E-state index >= 15 is 0 Å². The minimum absolute atomic E-state index is 0.0203. The summed E-state index contributed by atoms with van der Waals surface area (Å²) in [6.45, 7) is 2.93. The maximum Gasteiger partial charge on any atom is 0.305 e. The van der Waals surface area contributed by atoms with E-state index in [0.29, 0.717) is 31.5 Å². The summed E-state index contributed by atoms with van der Waals surface area (Å²) in [7, 11) is 0. The molecule has 0 saturated carbocycles. The standard InChI is InChI=1S/C23H26N2O4/c1-16-7-5-6-10-19(16)20(15-21(26)27)24-22(28)17-11-13-25(14-12-17)23(29)18-8-3-2-4-9-18/h2-10,17,20H,11-15H2,1H3,(H,24,28)(H,26,27). The van der Waals surface area contributed by atoms with E-state index in [1.54, 1.807) is 17.0 Å². The van der Waals surface area contributed by atoms with Gasteiger partial charge in [-0.05, 0) is 43.0 Å². The molecule has 0 radical (unpaired) electrons. The average Bonchev–Trinajstić information content (AvgIpc) is 2.73. The molecule has 2 aromatic carbocycles. The van der Waals surface area contributed by atoms with Crippen molar-refractivity contribution in [2.75, 3.05) is 13.1 Å². The third-order valence-corrected chi connectivity index (χ3v) is 5.43. The number of carboxylic acids is 1. The Kier molecular flexibility index (Phi) is 6.65. The molecular weight excluding hydrogens is 368 g/mol. The third kappa shape index (κ3) is 5.22. The van der Waals surface area contributed by atoms with E-state index in [1.807, 2.05) is 49.4 Å². The number of carbonyl (C=O) groups is 3. The first-order valence-corrected chi connectivity index (χ1v) is 9.87. The van der Waals surface area contributed by atoms with Crippen molar-refractivity contribution in [1.82, 2.24) is 10.2 Å². The van der Waals surface area contributed by atoms with Crippen molar-refractivity contribution in [1.29, 1.82) is 0 Å². The number of hydrogen-bond donors (Lipinski definition) is 2. The van der Waals surface area contributed by atoms with Gasteiger partial charge in [-0.1, -0.05) is 42.5 Å². The normalized spacial score (nSPS) is 15.6. The minimum Gasteiger partial charge on any atom is -0.481 e. The highest BCUT2D eigenvalue weighted by Crippen LogP contribution is 2.24. The molecule has 1 atom stereocenters. The molecule has 0 aromatic heterocycles. The van der Waals surface area contributed by atoms with Crippen LogP contribution in [0.1, 0.15) is 46.8 Å². The minimum atomic E-state index is -0.957. The summed E-state index contributed by atoms with van der Waals surface area (Å²) in [5, 5.41) is 12.2. The van der Waals surface area contributed by atoms with Gasteiger partial charge in [0, 0.05) is 24.6 Å². The van der Waals surface area contributed by atoms with Gasteiger partial charge < -0.3 is 15.3 Å². The fourth-order valence-corrected chi connectivity index (χ4v) is 3.79. The number of nitrogens with one attached hydrogen (secondary N) is 1. The summed E-state index contributed by atoms with van der Waals surface area (Å²) in [5.74, 6) is -1.35. The summed E-state index contributed by atoms with van der Waals surface area (Å²) < 4.78 is 0. The molecule has 2 N–H and O–H groups in total. The van der Waals surface area contributed by atoms with Crippen molar-refractivity contribution in [3.05, 3.63) is 71.3 Å². The molecule has 1 unspecified atom stereocenters. The lowest BCUT2D eigenvalue weighted by atomic mass is 9.93. The summed E-state index contributed by atoms with van der Waals surface area (Å²) >= 11 is 0. The van der Waals surface area contributed by atoms with Crippen LogP contribution in [-0.4, -0.2) is 40.9 Å². The third-order valence-electron chi connectivity index (χ3n) is 5.43. The molecule has 6 heteroatoms. The molecule has 29 heavy (non-hydrogen) atoms. The Balaban J connectivity index is 1.61. The van der Waals surface area contributed by atoms with Crippen LogP contribution in [0.5, 0.6) is 0 Å². The smallest absolute Gasteiger partial charge is 0.305 e. The summed E-state index contributed by atoms with van der Waals surface area (Å²) in [5.41, 5.74) is 2.42. The molecule has 1 fully saturated rings. The Morgan fingerprint density at radius 1 is 1.03 bits per heavy atom. The summed E-state index contributed by atoms with van der Waals surface area (Å²) in [6, 6.07) is 16.0. The van der Waals surface area contributed by atoms with Gasteiger partial charge in [-0.3, -0.25) is 14.4 Å². The highest BCUT2D eigenvalue weighted by atomic mass is 16.4. The van der Waals surface area contributed by atoms with Crippen LogP contribution in [0.15, 0.2) is 54.6 Å². The second-order valence-electron chi connectivity index (χ2n) is 7.45. The largest absolute Gasteiger partial charge is 0.481 e. The first-order chi connectivity index (χ1) is 14.0. The molecule has 152 valence electrons. The molecule has 6 nitrogen and oxygen atoms in total. The second-order valence-corrected chi connectivity index (χ2v) is 7.45. The topological polar surface area (TPSA) is 86.7 Å². The van der Waals surface area contributed by atoms with Crippen molar-refractivity contribution in [3.63, 3.8) is 0 Å². The van der Waals surface area contributed by atoms with Crippen LogP contribution in [0.3, 0.4) is 0 Å². The molecule has 1 heterocycles. The van der Waals surface area contributed by atoms with Gasteiger partial charge in [0.25, 0.3) is 5.91 Å². The van der Waals surface area contributed by atoms with Gasteiger partial charge >= 0.3 is 5.97 Å². The van der Waals surface area contributed by atoms with Gasteiger partial charge in [0.15, 0.2) is 0 Å². The Hall–Kier alpha value is -3.15. The molecule has 1 saturated heterocycles. The van der Waals surface area contributed by atoms with Crippen LogP contribution >= 0.6 is 0 Å². The van der Waals surface area contributed by atoms with E-state index in [4.69, 9.17) is 0 Å². The Morgan fingerprint density at radius 2 is 1.66 bits per heavy atom. The van der Waals surface area contributed by atoms with Gasteiger partial charge in [0.05, 0.1) is 12.5 Å². The zero-order chi connectivity index (χ0) is 20.8. The number of piperidine rings is 1. The molecule has 3 rings (SSSR count). The number of rotatable bonds is 6. The number of carboxylic acid groups (broad SMARTS) is 1. The molecule has 1 aliphatic rings. The maximum absolute atomic E-state index is 12.8. The maximum atomic E-state index is 12.8. The number of benzene rings is 2. The van der Waals surface area contributed by atoms with Crippen molar-refractivity contribution in [3.8, 4) is 0 Å². The van der Waals surface area contributed by atoms with E-state index in [1.165, 1.54) is 0 Å². The lowest BCUT2D eigenvalue weighted by Crippen LogP contribution is -2.44. The number of hydrogen-bond acceptors (Lipinski definition) is 3. The Morgan fingerprint density at radius 3 is 2.28 bits per heavy atom. The number of aryl methyl sites for hydroxylation is 1. The fraction of sp³-hybridized carbons (Fsp3) is 0.348. The van der Waals surface area contributed by atoms with Gasteiger partial charge in [0.1, 0.15) is 0 Å². The van der Waals surface area contributed by atoms with Crippen LogP contribution in [0.25, 0.3) is 0 Å². The molecule has 0 spiro atoms. The lowest BCUT2D eigenvalue weighted by molar-refractivity contribution is -0.138. The number of nitrogens with zero attached hydrogens (tertiary/aromatic N) is 1. The van der Waals surface area contributed by atoms with E-state index in [2.05, 4.69) is 5.32 Å². The Bertz CT molecular complexity index is 873. The molecule has 0 aliphatic carbocycles. The highest BCUT2D eigenvalue weighted by molar-refractivity contribution is 5.94. The quantitative estimate of drug-likeness (QED) is 0.788. The van der Waals surface area contributed by atoms with E-state index in [0.717, 1.165) is 11.1 Å². The molecule has 2 amide bonds. The van der Waals surface area contributed by atoms with Crippen molar-refractivity contribution in [2.24, 2.45) is 5.92 Å². The summed E-state index contributed by atoms with van der Waals surface area (Å²) in [6.07, 6.45) is 0.970. The van der Waals surface area contributed by atoms with E-state index in [9.17, 15) is 19.5 Å². The van der Waals surface area contributed by atoms with Gasteiger partial charge in [-0.15, -0.1) is 0 Å². The van der Waals surface area contributed by atoms with E-state index < -0.39 is 12.0 Å². The first kappa shape index (κ1) is 20.6.